The molecule has 76 valence electrons. The van der Waals surface area contributed by atoms with Crippen molar-refractivity contribution in [3.63, 3.8) is 0 Å². The zero-order valence-corrected chi connectivity index (χ0v) is 8.03. The van der Waals surface area contributed by atoms with Crippen molar-refractivity contribution < 1.29 is 9.90 Å². The number of hydrogen-bond acceptors (Lipinski definition) is 3. The first-order valence-electron chi connectivity index (χ1n) is 4.31. The molecule has 1 atom stereocenters. The van der Waals surface area contributed by atoms with Gasteiger partial charge in [-0.1, -0.05) is 24.3 Å². The number of carboxylic acids is 1. The van der Waals surface area contributed by atoms with Crippen LogP contribution >= 0.6 is 0 Å². The van der Waals surface area contributed by atoms with Gasteiger partial charge in [-0.2, -0.15) is 0 Å². The van der Waals surface area contributed by atoms with E-state index in [1.807, 2.05) is 6.07 Å². The molecule has 0 radical (unpaired) electrons. The van der Waals surface area contributed by atoms with E-state index >= 15 is 0 Å². The normalized spacial score (nSPS) is 14.8. The van der Waals surface area contributed by atoms with Crippen molar-refractivity contribution in [3.8, 4) is 0 Å². The molecule has 1 rings (SSSR count). The molecule has 0 aromatic heterocycles. The molecule has 0 aliphatic heterocycles. The second kappa shape index (κ2) is 3.77. The van der Waals surface area contributed by atoms with Crippen molar-refractivity contribution in [1.29, 1.82) is 0 Å². The molecule has 0 fully saturated rings. The Bertz CT molecular complexity index is 348. The minimum Gasteiger partial charge on any atom is -0.480 e. The van der Waals surface area contributed by atoms with Crippen molar-refractivity contribution >= 4 is 5.97 Å². The zero-order chi connectivity index (χ0) is 10.8. The Hall–Kier alpha value is -1.39. The molecule has 1 aromatic carbocycles. The Morgan fingerprint density at radius 3 is 2.57 bits per heavy atom. The van der Waals surface area contributed by atoms with Crippen molar-refractivity contribution in [3.05, 3.63) is 35.4 Å². The van der Waals surface area contributed by atoms with Gasteiger partial charge in [0.05, 0.1) is 0 Å². The lowest BCUT2D eigenvalue weighted by Gasteiger charge is -2.22. The van der Waals surface area contributed by atoms with Gasteiger partial charge in [0.1, 0.15) is 5.54 Å². The second-order valence-electron chi connectivity index (χ2n) is 3.37. The van der Waals surface area contributed by atoms with E-state index in [0.29, 0.717) is 5.56 Å². The van der Waals surface area contributed by atoms with Crippen LogP contribution in [0, 0.1) is 0 Å². The number of nitrogens with two attached hydrogens (primary N) is 2. The van der Waals surface area contributed by atoms with Crippen LogP contribution in [-0.4, -0.2) is 11.1 Å². The van der Waals surface area contributed by atoms with Crippen LogP contribution in [0.25, 0.3) is 0 Å². The molecule has 1 unspecified atom stereocenters. The number of benzene rings is 1. The molecular formula is C10H14N2O2. The quantitative estimate of drug-likeness (QED) is 0.650. The predicted octanol–water partition coefficient (Wildman–Crippen LogP) is 0.404. The maximum Gasteiger partial charge on any atom is 0.328 e. The Kier molecular flexibility index (Phi) is 2.88. The molecule has 0 aliphatic rings. The van der Waals surface area contributed by atoms with Crippen molar-refractivity contribution in [1.82, 2.24) is 0 Å². The van der Waals surface area contributed by atoms with E-state index in [-0.39, 0.29) is 6.54 Å². The fourth-order valence-corrected chi connectivity index (χ4v) is 1.32. The van der Waals surface area contributed by atoms with Crippen LogP contribution in [0.1, 0.15) is 18.1 Å². The van der Waals surface area contributed by atoms with Crippen molar-refractivity contribution in [2.75, 3.05) is 0 Å². The summed E-state index contributed by atoms with van der Waals surface area (Å²) in [4.78, 5) is 10.9. The van der Waals surface area contributed by atoms with E-state index in [4.69, 9.17) is 16.6 Å². The highest BCUT2D eigenvalue weighted by atomic mass is 16.4. The molecule has 0 amide bonds. The van der Waals surface area contributed by atoms with Gasteiger partial charge in [0, 0.05) is 6.54 Å². The minimum absolute atomic E-state index is 0.288. The summed E-state index contributed by atoms with van der Waals surface area (Å²) < 4.78 is 0. The maximum absolute atomic E-state index is 10.9. The van der Waals surface area contributed by atoms with E-state index < -0.39 is 11.5 Å². The third-order valence-corrected chi connectivity index (χ3v) is 2.24. The number of carbonyl (C=O) groups is 1. The SMILES string of the molecule is CC(N)(C(=O)O)c1ccccc1CN. The van der Waals surface area contributed by atoms with Crippen LogP contribution in [0.2, 0.25) is 0 Å². The van der Waals surface area contributed by atoms with Crippen LogP contribution in [0.4, 0.5) is 0 Å². The van der Waals surface area contributed by atoms with Gasteiger partial charge in [-0.15, -0.1) is 0 Å². The molecule has 4 nitrogen and oxygen atoms in total. The lowest BCUT2D eigenvalue weighted by Crippen LogP contribution is -2.42. The number of aliphatic carboxylic acids is 1. The third kappa shape index (κ3) is 1.76. The zero-order valence-electron chi connectivity index (χ0n) is 8.03. The Morgan fingerprint density at radius 2 is 2.07 bits per heavy atom. The molecule has 14 heavy (non-hydrogen) atoms. The predicted molar refractivity (Wildman–Crippen MR) is 53.5 cm³/mol. The lowest BCUT2D eigenvalue weighted by molar-refractivity contribution is -0.143. The van der Waals surface area contributed by atoms with Crippen molar-refractivity contribution in [2.45, 2.75) is 19.0 Å². The lowest BCUT2D eigenvalue weighted by atomic mass is 9.89. The van der Waals surface area contributed by atoms with Gasteiger partial charge in [-0.25, -0.2) is 4.79 Å². The van der Waals surface area contributed by atoms with Crippen LogP contribution in [0.15, 0.2) is 24.3 Å². The Balaban J connectivity index is 3.24. The van der Waals surface area contributed by atoms with Gasteiger partial charge in [0.25, 0.3) is 0 Å². The summed E-state index contributed by atoms with van der Waals surface area (Å²) in [5.41, 5.74) is 11.2. The van der Waals surface area contributed by atoms with Gasteiger partial charge in [-0.05, 0) is 18.1 Å². The van der Waals surface area contributed by atoms with Gasteiger partial charge < -0.3 is 16.6 Å². The fourth-order valence-electron chi connectivity index (χ4n) is 1.32. The molecule has 0 spiro atoms. The standard InChI is InChI=1S/C10H14N2O2/c1-10(12,9(13)14)8-5-3-2-4-7(8)6-11/h2-5H,6,11-12H2,1H3,(H,13,14). The average Bonchev–Trinajstić information content (AvgIpc) is 2.17. The topological polar surface area (TPSA) is 89.3 Å². The largest absolute Gasteiger partial charge is 0.480 e. The monoisotopic (exact) mass is 194 g/mol. The number of rotatable bonds is 3. The van der Waals surface area contributed by atoms with Crippen LogP contribution in [-0.2, 0) is 16.9 Å². The average molecular weight is 194 g/mol. The molecular weight excluding hydrogens is 180 g/mol. The first-order valence-corrected chi connectivity index (χ1v) is 4.31. The van der Waals surface area contributed by atoms with E-state index in [2.05, 4.69) is 0 Å². The molecule has 5 N–H and O–H groups in total. The molecule has 0 aliphatic carbocycles. The summed E-state index contributed by atoms with van der Waals surface area (Å²) >= 11 is 0. The number of carboxylic acid groups (broad SMARTS) is 1. The highest BCUT2D eigenvalue weighted by Crippen LogP contribution is 2.21. The summed E-state index contributed by atoms with van der Waals surface area (Å²) in [6.45, 7) is 1.75. The van der Waals surface area contributed by atoms with E-state index in [9.17, 15) is 4.79 Å². The number of hydrogen-bond donors (Lipinski definition) is 3. The summed E-state index contributed by atoms with van der Waals surface area (Å²) in [5, 5.41) is 8.95. The van der Waals surface area contributed by atoms with Gasteiger partial charge >= 0.3 is 5.97 Å². The molecule has 0 saturated carbocycles. The van der Waals surface area contributed by atoms with E-state index in [0.717, 1.165) is 5.56 Å². The molecule has 0 bridgehead atoms. The van der Waals surface area contributed by atoms with Crippen LogP contribution in [0.3, 0.4) is 0 Å². The molecule has 4 heteroatoms. The smallest absolute Gasteiger partial charge is 0.328 e. The highest BCUT2D eigenvalue weighted by Gasteiger charge is 2.31. The van der Waals surface area contributed by atoms with Gasteiger partial charge in [0.15, 0.2) is 0 Å². The van der Waals surface area contributed by atoms with Gasteiger partial charge in [-0.3, -0.25) is 0 Å². The molecule has 0 saturated heterocycles. The van der Waals surface area contributed by atoms with Crippen LogP contribution < -0.4 is 11.5 Å². The van der Waals surface area contributed by atoms with Crippen molar-refractivity contribution in [2.24, 2.45) is 11.5 Å². The first kappa shape index (κ1) is 10.7. The van der Waals surface area contributed by atoms with E-state index in [1.165, 1.54) is 6.92 Å². The summed E-state index contributed by atoms with van der Waals surface area (Å²) in [6.07, 6.45) is 0. The Labute approximate surface area is 82.5 Å². The summed E-state index contributed by atoms with van der Waals surface area (Å²) in [7, 11) is 0. The first-order chi connectivity index (χ1) is 6.50. The minimum atomic E-state index is -1.38. The molecule has 0 heterocycles. The van der Waals surface area contributed by atoms with Crippen LogP contribution in [0.5, 0.6) is 0 Å². The fraction of sp³-hybridized carbons (Fsp3) is 0.300. The summed E-state index contributed by atoms with van der Waals surface area (Å²) in [6, 6.07) is 7.03. The van der Waals surface area contributed by atoms with E-state index in [1.54, 1.807) is 18.2 Å². The summed E-state index contributed by atoms with van der Waals surface area (Å²) in [5.74, 6) is -1.06. The highest BCUT2D eigenvalue weighted by molar-refractivity contribution is 5.80. The third-order valence-electron chi connectivity index (χ3n) is 2.24. The Morgan fingerprint density at radius 1 is 1.50 bits per heavy atom. The maximum atomic E-state index is 10.9. The second-order valence-corrected chi connectivity index (χ2v) is 3.37. The molecule has 1 aromatic rings. The van der Waals surface area contributed by atoms with Gasteiger partial charge in [0.2, 0.25) is 0 Å².